The molecule has 0 bridgehead atoms. The van der Waals surface area contributed by atoms with E-state index in [0.717, 1.165) is 17.7 Å². The summed E-state index contributed by atoms with van der Waals surface area (Å²) in [4.78, 5) is 1.20. The number of nitrogens with zero attached hydrogens (tertiary/aromatic N) is 3. The lowest BCUT2D eigenvalue weighted by Crippen LogP contribution is -3.12. The van der Waals surface area contributed by atoms with Crippen LogP contribution in [0.2, 0.25) is 0 Å². The van der Waals surface area contributed by atoms with Crippen LogP contribution in [0.1, 0.15) is 17.0 Å². The van der Waals surface area contributed by atoms with E-state index in [9.17, 15) is 20.2 Å². The van der Waals surface area contributed by atoms with Gasteiger partial charge in [-0.25, -0.2) is 4.39 Å². The Morgan fingerprint density at radius 3 is 2.35 bits per heavy atom. The summed E-state index contributed by atoms with van der Waals surface area (Å²) in [6, 6.07) is 22.3. The van der Waals surface area contributed by atoms with Gasteiger partial charge in [0.05, 0.1) is 37.0 Å². The largest absolute Gasteiger partial charge is 0.327 e. The molecule has 5 nitrogen and oxygen atoms in total. The number of nitriles is 3. The van der Waals surface area contributed by atoms with E-state index < -0.39 is 23.1 Å². The predicted molar refractivity (Wildman–Crippen MR) is 112 cm³/mol. The number of halogens is 1. The molecule has 2 unspecified atom stereocenters. The lowest BCUT2D eigenvalue weighted by Gasteiger charge is -2.46. The molecule has 1 heterocycles. The Morgan fingerprint density at radius 2 is 1.71 bits per heavy atom. The van der Waals surface area contributed by atoms with Crippen molar-refractivity contribution in [2.75, 3.05) is 13.1 Å². The fourth-order valence-corrected chi connectivity index (χ4v) is 5.06. The molecule has 4 atom stereocenters. The molecule has 31 heavy (non-hydrogen) atoms. The van der Waals surface area contributed by atoms with E-state index >= 15 is 0 Å². The second-order valence-corrected chi connectivity index (χ2v) is 8.14. The van der Waals surface area contributed by atoms with Gasteiger partial charge in [-0.2, -0.15) is 15.8 Å². The summed E-state index contributed by atoms with van der Waals surface area (Å²) in [6.45, 7) is 1.96. The molecule has 0 spiro atoms. The maximum atomic E-state index is 14.9. The highest BCUT2D eigenvalue weighted by Gasteiger charge is 2.59. The normalized spacial score (nSPS) is 26.5. The molecule has 152 valence electrons. The topological polar surface area (TPSA) is 99.7 Å². The van der Waals surface area contributed by atoms with Crippen LogP contribution >= 0.6 is 0 Å². The highest BCUT2D eigenvalue weighted by atomic mass is 19.1. The van der Waals surface area contributed by atoms with Crippen LogP contribution in [0.15, 0.2) is 66.2 Å². The number of nitrogens with one attached hydrogen (secondary N) is 2. The van der Waals surface area contributed by atoms with Gasteiger partial charge in [0.15, 0.2) is 5.41 Å². The van der Waals surface area contributed by atoms with Crippen LogP contribution in [0.5, 0.6) is 0 Å². The minimum atomic E-state index is -1.89. The molecule has 0 radical (unpaired) electrons. The van der Waals surface area contributed by atoms with Crippen LogP contribution in [-0.4, -0.2) is 18.8 Å². The third kappa shape index (κ3) is 3.30. The van der Waals surface area contributed by atoms with Crippen molar-refractivity contribution < 1.29 is 9.29 Å². The molecular formula is C25H21FN5+. The van der Waals surface area contributed by atoms with Gasteiger partial charge in [0.1, 0.15) is 18.3 Å². The second kappa shape index (κ2) is 8.15. The second-order valence-electron chi connectivity index (χ2n) is 8.14. The van der Waals surface area contributed by atoms with Crippen molar-refractivity contribution in [3.8, 4) is 18.2 Å². The summed E-state index contributed by atoms with van der Waals surface area (Å²) in [5.74, 6) is -2.67. The van der Waals surface area contributed by atoms with Crippen LogP contribution in [-0.2, 0) is 6.54 Å². The molecule has 1 aliphatic heterocycles. The molecule has 0 amide bonds. The zero-order chi connectivity index (χ0) is 22.0. The van der Waals surface area contributed by atoms with Crippen molar-refractivity contribution in [1.29, 1.82) is 21.2 Å². The zero-order valence-corrected chi connectivity index (χ0v) is 16.8. The van der Waals surface area contributed by atoms with E-state index in [0.29, 0.717) is 13.1 Å². The Hall–Kier alpha value is -3.79. The standard InChI is InChI=1S/C25H20FN5/c26-22-9-5-4-8-19(22)23-21-14-31(13-17-6-2-1-3-7-17)11-10-18(21)20(12-27)24(30)25(23,15-28)16-29/h1-10,20-21,23,30H,11,13-14H2/p+1/t20?,21-,23-/m0/s1. The molecule has 2 aliphatic rings. The first-order valence-corrected chi connectivity index (χ1v) is 10.2. The van der Waals surface area contributed by atoms with Gasteiger partial charge in [-0.3, -0.25) is 0 Å². The molecule has 6 heteroatoms. The number of benzene rings is 2. The summed E-state index contributed by atoms with van der Waals surface area (Å²) in [7, 11) is 0. The Kier molecular flexibility index (Phi) is 5.38. The lowest BCUT2D eigenvalue weighted by molar-refractivity contribution is -0.913. The van der Waals surface area contributed by atoms with Crippen molar-refractivity contribution in [1.82, 2.24) is 0 Å². The smallest absolute Gasteiger partial charge is 0.190 e. The average Bonchev–Trinajstić information content (AvgIpc) is 2.80. The molecule has 1 aliphatic carbocycles. The van der Waals surface area contributed by atoms with Gasteiger partial charge in [-0.1, -0.05) is 48.5 Å². The van der Waals surface area contributed by atoms with Gasteiger partial charge in [-0.15, -0.1) is 0 Å². The van der Waals surface area contributed by atoms with Gasteiger partial charge in [0.2, 0.25) is 0 Å². The number of hydrogen-bond acceptors (Lipinski definition) is 4. The monoisotopic (exact) mass is 410 g/mol. The third-order valence-corrected chi connectivity index (χ3v) is 6.50. The zero-order valence-electron chi connectivity index (χ0n) is 16.8. The van der Waals surface area contributed by atoms with E-state index in [1.165, 1.54) is 11.0 Å². The quantitative estimate of drug-likeness (QED) is 0.761. The molecular weight excluding hydrogens is 389 g/mol. The SMILES string of the molecule is N#CC1C(=N)C(C#N)(C#N)[C@@H](c2ccccc2F)[C@H]2C[NH+](Cc3ccccc3)CC=C12. The number of rotatable bonds is 3. The van der Waals surface area contributed by atoms with Crippen molar-refractivity contribution in [3.05, 3.63) is 83.2 Å². The molecule has 2 aromatic rings. The minimum absolute atomic E-state index is 0.248. The third-order valence-electron chi connectivity index (χ3n) is 6.50. The first-order valence-electron chi connectivity index (χ1n) is 10.2. The number of quaternary nitrogens is 1. The molecule has 1 saturated carbocycles. The first kappa shape index (κ1) is 20.5. The van der Waals surface area contributed by atoms with E-state index in [1.54, 1.807) is 18.2 Å². The maximum Gasteiger partial charge on any atom is 0.190 e. The van der Waals surface area contributed by atoms with Crippen LogP contribution in [0.25, 0.3) is 0 Å². The van der Waals surface area contributed by atoms with Crippen LogP contribution < -0.4 is 4.90 Å². The Labute approximate surface area is 180 Å². The molecule has 2 aromatic carbocycles. The van der Waals surface area contributed by atoms with Crippen molar-refractivity contribution >= 4 is 5.71 Å². The Balaban J connectivity index is 1.83. The maximum absolute atomic E-state index is 14.9. The fraction of sp³-hybridized carbons (Fsp3) is 0.280. The van der Waals surface area contributed by atoms with Crippen molar-refractivity contribution in [3.63, 3.8) is 0 Å². The highest BCUT2D eigenvalue weighted by molar-refractivity contribution is 6.00. The molecule has 0 saturated heterocycles. The van der Waals surface area contributed by atoms with E-state index in [2.05, 4.69) is 6.07 Å². The highest BCUT2D eigenvalue weighted by Crippen LogP contribution is 2.52. The summed E-state index contributed by atoms with van der Waals surface area (Å²) in [5.41, 5.74) is 0.00772. The van der Waals surface area contributed by atoms with Crippen LogP contribution in [0, 0.1) is 62.5 Å². The summed E-state index contributed by atoms with van der Waals surface area (Å²) in [5, 5.41) is 38.6. The lowest BCUT2D eigenvalue weighted by atomic mass is 9.54. The average molecular weight is 410 g/mol. The van der Waals surface area contributed by atoms with Crippen molar-refractivity contribution in [2.24, 2.45) is 17.3 Å². The predicted octanol–water partition coefficient (Wildman–Crippen LogP) is 2.76. The van der Waals surface area contributed by atoms with Crippen molar-refractivity contribution in [2.45, 2.75) is 12.5 Å². The summed E-state index contributed by atoms with van der Waals surface area (Å²) < 4.78 is 14.9. The Morgan fingerprint density at radius 1 is 1.03 bits per heavy atom. The van der Waals surface area contributed by atoms with Gasteiger partial charge in [0.25, 0.3) is 0 Å². The summed E-state index contributed by atoms with van der Waals surface area (Å²) >= 11 is 0. The van der Waals surface area contributed by atoms with Gasteiger partial charge < -0.3 is 10.3 Å². The van der Waals surface area contributed by atoms with Crippen LogP contribution in [0.4, 0.5) is 4.39 Å². The first-order chi connectivity index (χ1) is 15.1. The Bertz CT molecular complexity index is 1150. The minimum Gasteiger partial charge on any atom is -0.327 e. The molecule has 0 aromatic heterocycles. The van der Waals surface area contributed by atoms with E-state index in [-0.39, 0.29) is 17.2 Å². The van der Waals surface area contributed by atoms with Gasteiger partial charge >= 0.3 is 0 Å². The molecule has 2 N–H and O–H groups in total. The number of hydrogen-bond donors (Lipinski definition) is 2. The van der Waals surface area contributed by atoms with E-state index in [1.807, 2.05) is 48.5 Å². The fourth-order valence-electron chi connectivity index (χ4n) is 5.06. The molecule has 1 fully saturated rings. The van der Waals surface area contributed by atoms with Crippen LogP contribution in [0.3, 0.4) is 0 Å². The van der Waals surface area contributed by atoms with E-state index in [4.69, 9.17) is 5.41 Å². The van der Waals surface area contributed by atoms with Gasteiger partial charge in [-0.05, 0) is 23.3 Å². The number of fused-ring (bicyclic) bond motifs is 1. The molecule has 4 rings (SSSR count). The summed E-state index contributed by atoms with van der Waals surface area (Å²) in [6.07, 6.45) is 1.96. The van der Waals surface area contributed by atoms with Gasteiger partial charge in [0, 0.05) is 17.4 Å².